The van der Waals surface area contributed by atoms with Gasteiger partial charge in [0.2, 0.25) is 0 Å². The minimum atomic E-state index is -0.134. The molecule has 3 heterocycles. The number of H-pyrrole nitrogens is 1. The molecule has 0 atom stereocenters. The number of aromatic nitrogens is 2. The summed E-state index contributed by atoms with van der Waals surface area (Å²) < 4.78 is 11.1. The van der Waals surface area contributed by atoms with E-state index in [2.05, 4.69) is 9.97 Å². The van der Waals surface area contributed by atoms with E-state index in [1.54, 1.807) is 6.08 Å². The van der Waals surface area contributed by atoms with E-state index in [4.69, 9.17) is 9.47 Å². The van der Waals surface area contributed by atoms with Crippen molar-refractivity contribution in [1.82, 2.24) is 9.97 Å². The maximum atomic E-state index is 12.5. The van der Waals surface area contributed by atoms with Crippen molar-refractivity contribution in [3.05, 3.63) is 76.3 Å². The highest BCUT2D eigenvalue weighted by molar-refractivity contribution is 7.21. The lowest BCUT2D eigenvalue weighted by molar-refractivity contribution is 0.171. The zero-order chi connectivity index (χ0) is 18.9. The molecule has 6 heteroatoms. The molecular formula is C22H16N2O3S. The van der Waals surface area contributed by atoms with E-state index in [0.29, 0.717) is 24.4 Å². The Hall–Kier alpha value is -3.38. The van der Waals surface area contributed by atoms with Crippen molar-refractivity contribution >= 4 is 33.7 Å². The van der Waals surface area contributed by atoms with Gasteiger partial charge < -0.3 is 14.5 Å². The summed E-state index contributed by atoms with van der Waals surface area (Å²) in [7, 11) is 0. The average molecular weight is 388 g/mol. The number of ether oxygens (including phenoxy) is 2. The van der Waals surface area contributed by atoms with Crippen molar-refractivity contribution in [2.75, 3.05) is 13.2 Å². The number of benzene rings is 2. The first kappa shape index (κ1) is 16.8. The third-order valence-corrected chi connectivity index (χ3v) is 5.56. The summed E-state index contributed by atoms with van der Waals surface area (Å²) in [5, 5.41) is 0.611. The van der Waals surface area contributed by atoms with Gasteiger partial charge in [-0.2, -0.15) is 0 Å². The van der Waals surface area contributed by atoms with E-state index in [1.807, 2.05) is 60.7 Å². The smallest absolute Gasteiger partial charge is 0.259 e. The van der Waals surface area contributed by atoms with Crippen LogP contribution in [0, 0.1) is 0 Å². The zero-order valence-electron chi connectivity index (χ0n) is 14.8. The van der Waals surface area contributed by atoms with Crippen LogP contribution in [0.2, 0.25) is 0 Å². The predicted molar refractivity (Wildman–Crippen MR) is 112 cm³/mol. The van der Waals surface area contributed by atoms with Gasteiger partial charge in [0, 0.05) is 4.88 Å². The Morgan fingerprint density at radius 1 is 0.964 bits per heavy atom. The molecule has 4 aromatic rings. The summed E-state index contributed by atoms with van der Waals surface area (Å²) in [4.78, 5) is 21.7. The van der Waals surface area contributed by atoms with Crippen LogP contribution < -0.4 is 15.0 Å². The second-order valence-corrected chi connectivity index (χ2v) is 7.41. The molecule has 2 aromatic heterocycles. The normalized spacial score (nSPS) is 13.3. The van der Waals surface area contributed by atoms with Crippen LogP contribution in [-0.2, 0) is 0 Å². The van der Waals surface area contributed by atoms with E-state index in [9.17, 15) is 4.79 Å². The van der Waals surface area contributed by atoms with Crippen LogP contribution in [0.15, 0.2) is 59.4 Å². The fourth-order valence-electron chi connectivity index (χ4n) is 3.11. The largest absolute Gasteiger partial charge is 0.486 e. The third kappa shape index (κ3) is 3.18. The van der Waals surface area contributed by atoms with E-state index in [1.165, 1.54) is 11.3 Å². The molecule has 0 aliphatic carbocycles. The summed E-state index contributed by atoms with van der Waals surface area (Å²) in [6.07, 6.45) is 3.70. The number of nitrogens with one attached hydrogen (secondary N) is 1. The quantitative estimate of drug-likeness (QED) is 0.557. The highest BCUT2D eigenvalue weighted by Crippen LogP contribution is 2.32. The van der Waals surface area contributed by atoms with Crippen molar-refractivity contribution in [3.8, 4) is 21.9 Å². The first-order valence-electron chi connectivity index (χ1n) is 8.93. The van der Waals surface area contributed by atoms with Gasteiger partial charge in [-0.3, -0.25) is 4.79 Å². The second-order valence-electron chi connectivity index (χ2n) is 6.38. The summed E-state index contributed by atoms with van der Waals surface area (Å²) in [5.74, 6) is 2.01. The Morgan fingerprint density at radius 2 is 1.79 bits per heavy atom. The molecule has 0 saturated heterocycles. The number of rotatable bonds is 3. The number of fused-ring (bicyclic) bond motifs is 2. The van der Waals surface area contributed by atoms with E-state index < -0.39 is 0 Å². The Morgan fingerprint density at radius 3 is 2.64 bits per heavy atom. The average Bonchev–Trinajstić information content (AvgIpc) is 3.18. The summed E-state index contributed by atoms with van der Waals surface area (Å²) in [6, 6.07) is 17.7. The maximum absolute atomic E-state index is 12.5. The molecule has 0 amide bonds. The van der Waals surface area contributed by atoms with Crippen molar-refractivity contribution in [2.45, 2.75) is 0 Å². The Kier molecular flexibility index (Phi) is 4.18. The maximum Gasteiger partial charge on any atom is 0.259 e. The highest BCUT2D eigenvalue weighted by atomic mass is 32.1. The van der Waals surface area contributed by atoms with Crippen LogP contribution in [0.5, 0.6) is 11.5 Å². The molecule has 0 unspecified atom stereocenters. The number of nitrogens with zero attached hydrogens (tertiary/aromatic N) is 1. The molecule has 2 aromatic carbocycles. The highest BCUT2D eigenvalue weighted by Gasteiger charge is 2.11. The fraction of sp³-hybridized carbons (Fsp3) is 0.0909. The first-order chi connectivity index (χ1) is 13.8. The Balaban J connectivity index is 1.48. The zero-order valence-corrected chi connectivity index (χ0v) is 15.7. The second kappa shape index (κ2) is 6.98. The van der Waals surface area contributed by atoms with Crippen LogP contribution in [0.1, 0.15) is 11.4 Å². The molecule has 0 bridgehead atoms. The van der Waals surface area contributed by atoms with Gasteiger partial charge in [0.25, 0.3) is 5.56 Å². The lowest BCUT2D eigenvalue weighted by atomic mass is 10.1. The molecule has 5 nitrogen and oxygen atoms in total. The SMILES string of the molecule is O=c1[nH]c(C=Cc2ccc3c(c2)OCCO3)nc2sc(-c3ccccc3)cc12. The van der Waals surface area contributed by atoms with Gasteiger partial charge in [0.05, 0.1) is 5.39 Å². The van der Waals surface area contributed by atoms with Crippen LogP contribution in [0.4, 0.5) is 0 Å². The Bertz CT molecular complexity index is 1240. The third-order valence-electron chi connectivity index (χ3n) is 4.48. The van der Waals surface area contributed by atoms with Crippen LogP contribution in [0.25, 0.3) is 32.8 Å². The van der Waals surface area contributed by atoms with Crippen molar-refractivity contribution < 1.29 is 9.47 Å². The molecule has 0 fully saturated rings. The first-order valence-corrected chi connectivity index (χ1v) is 9.75. The van der Waals surface area contributed by atoms with Gasteiger partial charge in [-0.1, -0.05) is 42.5 Å². The van der Waals surface area contributed by atoms with E-state index >= 15 is 0 Å². The van der Waals surface area contributed by atoms with Gasteiger partial charge >= 0.3 is 0 Å². The predicted octanol–water partition coefficient (Wildman–Crippen LogP) is 4.59. The minimum absolute atomic E-state index is 0.134. The van der Waals surface area contributed by atoms with Gasteiger partial charge in [-0.25, -0.2) is 4.98 Å². The molecule has 0 spiro atoms. The van der Waals surface area contributed by atoms with Crippen LogP contribution in [0.3, 0.4) is 0 Å². The van der Waals surface area contributed by atoms with E-state index in [-0.39, 0.29) is 5.56 Å². The van der Waals surface area contributed by atoms with Gasteiger partial charge in [-0.15, -0.1) is 11.3 Å². The van der Waals surface area contributed by atoms with Gasteiger partial charge in [0.15, 0.2) is 11.5 Å². The van der Waals surface area contributed by atoms with Crippen LogP contribution in [-0.4, -0.2) is 23.2 Å². The van der Waals surface area contributed by atoms with Crippen LogP contribution >= 0.6 is 11.3 Å². The molecule has 1 N–H and O–H groups in total. The number of hydrogen-bond donors (Lipinski definition) is 1. The standard InChI is InChI=1S/C22H16N2O3S/c25-21-16-13-19(15-4-2-1-3-5-15)28-22(16)24-20(23-21)9-7-14-6-8-17-18(12-14)27-11-10-26-17/h1-9,12-13H,10-11H2,(H,23,24,25). The summed E-state index contributed by atoms with van der Waals surface area (Å²) in [6.45, 7) is 1.12. The van der Waals surface area contributed by atoms with Gasteiger partial charge in [-0.05, 0) is 35.4 Å². The van der Waals surface area contributed by atoms with Crippen molar-refractivity contribution in [1.29, 1.82) is 0 Å². The van der Waals surface area contributed by atoms with Gasteiger partial charge in [0.1, 0.15) is 23.9 Å². The molecule has 1 aliphatic rings. The molecule has 0 saturated carbocycles. The summed E-state index contributed by atoms with van der Waals surface area (Å²) >= 11 is 1.52. The topological polar surface area (TPSA) is 64.2 Å². The number of aromatic amines is 1. The summed E-state index contributed by atoms with van der Waals surface area (Å²) in [5.41, 5.74) is 1.90. The number of thiophene rings is 1. The Labute approximate surface area is 164 Å². The number of hydrogen-bond acceptors (Lipinski definition) is 5. The van der Waals surface area contributed by atoms with Crippen molar-refractivity contribution in [2.24, 2.45) is 0 Å². The molecule has 28 heavy (non-hydrogen) atoms. The minimum Gasteiger partial charge on any atom is -0.486 e. The molecular weight excluding hydrogens is 372 g/mol. The van der Waals surface area contributed by atoms with E-state index in [0.717, 1.165) is 32.3 Å². The fourth-order valence-corrected chi connectivity index (χ4v) is 4.16. The molecule has 138 valence electrons. The molecule has 0 radical (unpaired) electrons. The lowest BCUT2D eigenvalue weighted by Crippen LogP contribution is -2.15. The lowest BCUT2D eigenvalue weighted by Gasteiger charge is -2.18. The monoisotopic (exact) mass is 388 g/mol. The molecule has 5 rings (SSSR count). The van der Waals surface area contributed by atoms with Crippen molar-refractivity contribution in [3.63, 3.8) is 0 Å². The molecule has 1 aliphatic heterocycles.